The zero-order valence-electron chi connectivity index (χ0n) is 25.8. The minimum absolute atomic E-state index is 0.0602. The molecule has 4 heterocycles. The highest BCUT2D eigenvalue weighted by molar-refractivity contribution is 6.03. The van der Waals surface area contributed by atoms with Gasteiger partial charge in [-0.25, -0.2) is 4.98 Å². The number of oxazole rings is 1. The molecule has 1 aliphatic carbocycles. The van der Waals surface area contributed by atoms with Gasteiger partial charge in [-0.2, -0.15) is 18.2 Å². The number of carboxylic acids is 1. The van der Waals surface area contributed by atoms with E-state index in [1.54, 1.807) is 17.0 Å². The third kappa shape index (κ3) is 7.36. The Kier molecular flexibility index (Phi) is 9.37. The maximum Gasteiger partial charge on any atom is 0.437 e. The normalized spacial score (nSPS) is 21.0. The molecule has 2 amide bonds. The SMILES string of the molecule is O=C(Nc1ccc(N2CCN(C(=O)C3CCC(C(=O)O)CC3)CC2)nc1)c1oc(N2CCC(c3ccccc3)CC2)nc1C(F)(F)F. The maximum absolute atomic E-state index is 13.9. The number of rotatable bonds is 7. The summed E-state index contributed by atoms with van der Waals surface area (Å²) in [6, 6.07) is 12.9. The van der Waals surface area contributed by atoms with Crippen molar-refractivity contribution >= 4 is 35.3 Å². The number of alkyl halides is 3. The summed E-state index contributed by atoms with van der Waals surface area (Å²) in [6.45, 7) is 2.95. The molecular formula is C33H37F3N6O5. The molecule has 6 rings (SSSR count). The van der Waals surface area contributed by atoms with Crippen LogP contribution in [0.1, 0.15) is 66.3 Å². The van der Waals surface area contributed by atoms with Crippen LogP contribution in [0.5, 0.6) is 0 Å². The van der Waals surface area contributed by atoms with Gasteiger partial charge in [0.15, 0.2) is 5.69 Å². The summed E-state index contributed by atoms with van der Waals surface area (Å²) >= 11 is 0. The number of carbonyl (C=O) groups excluding carboxylic acids is 2. The second-order valence-corrected chi connectivity index (χ2v) is 12.4. The largest absolute Gasteiger partial charge is 0.481 e. The van der Waals surface area contributed by atoms with Crippen LogP contribution < -0.4 is 15.1 Å². The Hall–Kier alpha value is -4.62. The van der Waals surface area contributed by atoms with Crippen molar-refractivity contribution < 1.29 is 37.1 Å². The molecule has 250 valence electrons. The number of piperazine rings is 1. The average molecular weight is 655 g/mol. The van der Waals surface area contributed by atoms with Crippen molar-refractivity contribution in [2.75, 3.05) is 54.4 Å². The Morgan fingerprint density at radius 2 is 1.49 bits per heavy atom. The smallest absolute Gasteiger partial charge is 0.437 e. The van der Waals surface area contributed by atoms with Crippen LogP contribution in [0.4, 0.5) is 30.7 Å². The van der Waals surface area contributed by atoms with Gasteiger partial charge in [0.05, 0.1) is 17.8 Å². The van der Waals surface area contributed by atoms with Gasteiger partial charge in [-0.05, 0) is 62.1 Å². The first-order valence-corrected chi connectivity index (χ1v) is 16.0. The van der Waals surface area contributed by atoms with Gasteiger partial charge in [0.25, 0.3) is 11.9 Å². The number of aliphatic carboxylic acids is 1. The van der Waals surface area contributed by atoms with E-state index in [0.29, 0.717) is 83.6 Å². The summed E-state index contributed by atoms with van der Waals surface area (Å²) < 4.78 is 47.2. The molecule has 2 aliphatic heterocycles. The minimum Gasteiger partial charge on any atom is -0.481 e. The highest BCUT2D eigenvalue weighted by Gasteiger charge is 2.42. The first kappa shape index (κ1) is 32.3. The number of amides is 2. The lowest BCUT2D eigenvalue weighted by Gasteiger charge is -2.38. The number of benzene rings is 1. The van der Waals surface area contributed by atoms with Crippen molar-refractivity contribution in [1.29, 1.82) is 0 Å². The molecule has 14 heteroatoms. The van der Waals surface area contributed by atoms with E-state index in [0.717, 1.165) is 0 Å². The first-order chi connectivity index (χ1) is 22.6. The van der Waals surface area contributed by atoms with Crippen LogP contribution in [0.3, 0.4) is 0 Å². The summed E-state index contributed by atoms with van der Waals surface area (Å²) in [7, 11) is 0. The van der Waals surface area contributed by atoms with E-state index in [1.165, 1.54) is 11.8 Å². The molecule has 47 heavy (non-hydrogen) atoms. The standard InChI is InChI=1S/C33H37F3N6O5/c34-33(35,36)28-27(47-32(39-28)42-14-12-22(13-15-42)21-4-2-1-3-5-21)29(43)38-25-10-11-26(37-20-25)40-16-18-41(19-17-40)30(44)23-6-8-24(9-7-23)31(45)46/h1-5,10-11,20,22-24H,6-9,12-19H2,(H,38,43)(H,45,46). The van der Waals surface area contributed by atoms with Crippen LogP contribution in [0.2, 0.25) is 0 Å². The van der Waals surface area contributed by atoms with E-state index in [-0.39, 0.29) is 35.4 Å². The topological polar surface area (TPSA) is 132 Å². The van der Waals surface area contributed by atoms with Crippen LogP contribution in [0.15, 0.2) is 53.1 Å². The van der Waals surface area contributed by atoms with Crippen molar-refractivity contribution in [2.45, 2.75) is 50.6 Å². The molecule has 2 saturated heterocycles. The van der Waals surface area contributed by atoms with Gasteiger partial charge < -0.3 is 29.5 Å². The zero-order valence-corrected chi connectivity index (χ0v) is 25.8. The molecule has 0 radical (unpaired) electrons. The van der Waals surface area contributed by atoms with Crippen molar-refractivity contribution in [3.05, 3.63) is 65.7 Å². The highest BCUT2D eigenvalue weighted by atomic mass is 19.4. The van der Waals surface area contributed by atoms with Crippen molar-refractivity contribution in [2.24, 2.45) is 11.8 Å². The predicted molar refractivity (Wildman–Crippen MR) is 166 cm³/mol. The van der Waals surface area contributed by atoms with E-state index in [1.807, 2.05) is 40.1 Å². The van der Waals surface area contributed by atoms with Crippen LogP contribution >= 0.6 is 0 Å². The van der Waals surface area contributed by atoms with Gasteiger partial charge in [-0.1, -0.05) is 30.3 Å². The fourth-order valence-corrected chi connectivity index (χ4v) is 6.76. The van der Waals surface area contributed by atoms with E-state index in [2.05, 4.69) is 15.3 Å². The Balaban J connectivity index is 1.04. The third-order valence-corrected chi connectivity index (χ3v) is 9.47. The van der Waals surface area contributed by atoms with Gasteiger partial charge in [0.1, 0.15) is 5.82 Å². The number of pyridine rings is 1. The van der Waals surface area contributed by atoms with Crippen LogP contribution in [-0.4, -0.2) is 77.0 Å². The Morgan fingerprint density at radius 1 is 0.830 bits per heavy atom. The fraction of sp³-hybridized carbons (Fsp3) is 0.485. The number of carbonyl (C=O) groups is 3. The van der Waals surface area contributed by atoms with E-state index < -0.39 is 29.5 Å². The van der Waals surface area contributed by atoms with Gasteiger partial charge >= 0.3 is 12.1 Å². The van der Waals surface area contributed by atoms with Crippen molar-refractivity contribution in [3.63, 3.8) is 0 Å². The second-order valence-electron chi connectivity index (χ2n) is 12.4. The molecule has 0 spiro atoms. The fourth-order valence-electron chi connectivity index (χ4n) is 6.76. The highest BCUT2D eigenvalue weighted by Crippen LogP contribution is 2.37. The van der Waals surface area contributed by atoms with Crippen LogP contribution in [0.25, 0.3) is 0 Å². The molecule has 0 atom stereocenters. The second kappa shape index (κ2) is 13.6. The van der Waals surface area contributed by atoms with E-state index >= 15 is 0 Å². The number of hydrogen-bond acceptors (Lipinski definition) is 8. The average Bonchev–Trinajstić information content (AvgIpc) is 3.56. The Morgan fingerprint density at radius 3 is 2.09 bits per heavy atom. The Labute approximate surface area is 269 Å². The molecule has 11 nitrogen and oxygen atoms in total. The number of piperidine rings is 1. The molecule has 1 saturated carbocycles. The van der Waals surface area contributed by atoms with Crippen molar-refractivity contribution in [3.8, 4) is 0 Å². The summed E-state index contributed by atoms with van der Waals surface area (Å²) in [5, 5.41) is 11.7. The molecule has 2 aromatic heterocycles. The minimum atomic E-state index is -4.89. The number of nitrogens with one attached hydrogen (secondary N) is 1. The summed E-state index contributed by atoms with van der Waals surface area (Å²) in [6.07, 6.45) is 0.104. The third-order valence-electron chi connectivity index (χ3n) is 9.47. The lowest BCUT2D eigenvalue weighted by Crippen LogP contribution is -2.51. The summed E-state index contributed by atoms with van der Waals surface area (Å²) in [4.78, 5) is 50.8. The van der Waals surface area contributed by atoms with Gasteiger partial charge in [0, 0.05) is 45.2 Å². The lowest BCUT2D eigenvalue weighted by atomic mass is 9.81. The monoisotopic (exact) mass is 654 g/mol. The number of carboxylic acid groups (broad SMARTS) is 1. The van der Waals surface area contributed by atoms with Crippen molar-refractivity contribution in [1.82, 2.24) is 14.9 Å². The molecule has 1 aromatic carbocycles. The number of hydrogen-bond donors (Lipinski definition) is 2. The Bertz CT molecular complexity index is 1560. The summed E-state index contributed by atoms with van der Waals surface area (Å²) in [5.74, 6) is -2.35. The molecule has 3 fully saturated rings. The van der Waals surface area contributed by atoms with Gasteiger partial charge in [-0.15, -0.1) is 0 Å². The van der Waals surface area contributed by atoms with E-state index in [9.17, 15) is 32.7 Å². The van der Waals surface area contributed by atoms with Gasteiger partial charge in [-0.3, -0.25) is 14.4 Å². The molecule has 0 unspecified atom stereocenters. The first-order valence-electron chi connectivity index (χ1n) is 16.0. The van der Waals surface area contributed by atoms with Crippen LogP contribution in [-0.2, 0) is 15.8 Å². The van der Waals surface area contributed by atoms with E-state index in [4.69, 9.17) is 4.42 Å². The van der Waals surface area contributed by atoms with Crippen LogP contribution in [0, 0.1) is 11.8 Å². The molecule has 0 bridgehead atoms. The molecule has 3 aliphatic rings. The van der Waals surface area contributed by atoms with Gasteiger partial charge in [0.2, 0.25) is 11.7 Å². The number of aromatic nitrogens is 2. The predicted octanol–water partition coefficient (Wildman–Crippen LogP) is 5.26. The molecule has 2 N–H and O–H groups in total. The molecule has 3 aromatic rings. The number of nitrogens with zero attached hydrogens (tertiary/aromatic N) is 5. The molecular weight excluding hydrogens is 617 g/mol. The lowest BCUT2D eigenvalue weighted by molar-refractivity contribution is -0.145. The summed E-state index contributed by atoms with van der Waals surface area (Å²) in [5.41, 5.74) is 0.00211. The number of halogens is 3. The zero-order chi connectivity index (χ0) is 33.1. The maximum atomic E-state index is 13.9. The number of anilines is 3. The quantitative estimate of drug-likeness (QED) is 0.350.